The first-order chi connectivity index (χ1) is 7.18. The molecular formula is C12H23NO2. The lowest BCUT2D eigenvalue weighted by molar-refractivity contribution is 0.0505. The molecule has 1 N–H and O–H groups in total. The normalized spacial score (nSPS) is 30.8. The molecular weight excluding hydrogens is 190 g/mol. The van der Waals surface area contributed by atoms with Gasteiger partial charge in [0, 0.05) is 25.1 Å². The van der Waals surface area contributed by atoms with Crippen LogP contribution in [0.4, 0.5) is 0 Å². The van der Waals surface area contributed by atoms with Crippen LogP contribution >= 0.6 is 0 Å². The summed E-state index contributed by atoms with van der Waals surface area (Å²) < 4.78 is 5.30. The lowest BCUT2D eigenvalue weighted by Gasteiger charge is -2.28. The van der Waals surface area contributed by atoms with Gasteiger partial charge in [0.1, 0.15) is 0 Å². The lowest BCUT2D eigenvalue weighted by atomic mass is 10.0. The van der Waals surface area contributed by atoms with Crippen molar-refractivity contribution in [3.8, 4) is 0 Å². The van der Waals surface area contributed by atoms with Crippen LogP contribution in [0.5, 0.6) is 0 Å². The van der Waals surface area contributed by atoms with Gasteiger partial charge in [-0.3, -0.25) is 0 Å². The summed E-state index contributed by atoms with van der Waals surface area (Å²) in [5, 5.41) is 10.0. The zero-order valence-electron chi connectivity index (χ0n) is 9.85. The van der Waals surface area contributed by atoms with Crippen LogP contribution in [-0.2, 0) is 4.74 Å². The number of hydrogen-bond donors (Lipinski definition) is 1. The van der Waals surface area contributed by atoms with Crippen LogP contribution in [0.2, 0.25) is 0 Å². The van der Waals surface area contributed by atoms with Gasteiger partial charge in [-0.15, -0.1) is 0 Å². The fraction of sp³-hybridized carbons (Fsp3) is 1.00. The van der Waals surface area contributed by atoms with Gasteiger partial charge < -0.3 is 14.7 Å². The molecule has 0 aromatic heterocycles. The largest absolute Gasteiger partial charge is 0.391 e. The predicted octanol–water partition coefficient (Wildman–Crippen LogP) is 1.11. The smallest absolute Gasteiger partial charge is 0.0718 e. The van der Waals surface area contributed by atoms with Crippen molar-refractivity contribution in [3.05, 3.63) is 0 Å². The number of nitrogens with zero attached hydrogens (tertiary/aromatic N) is 1. The molecule has 1 saturated heterocycles. The van der Waals surface area contributed by atoms with E-state index in [0.29, 0.717) is 12.0 Å². The van der Waals surface area contributed by atoms with Crippen LogP contribution in [-0.4, -0.2) is 49.0 Å². The minimum atomic E-state index is -0.210. The molecule has 3 atom stereocenters. The topological polar surface area (TPSA) is 32.7 Å². The quantitative estimate of drug-likeness (QED) is 0.742. The molecule has 0 amide bonds. The molecule has 0 aromatic rings. The maximum absolute atomic E-state index is 10.0. The van der Waals surface area contributed by atoms with Gasteiger partial charge in [0.25, 0.3) is 0 Å². The number of hydrogen-bond acceptors (Lipinski definition) is 3. The number of rotatable bonds is 5. The fourth-order valence-electron chi connectivity index (χ4n) is 2.41. The molecule has 2 fully saturated rings. The molecule has 3 heteroatoms. The van der Waals surface area contributed by atoms with Crippen molar-refractivity contribution >= 4 is 0 Å². The summed E-state index contributed by atoms with van der Waals surface area (Å²) in [7, 11) is 2.13. The molecule has 88 valence electrons. The van der Waals surface area contributed by atoms with E-state index in [-0.39, 0.29) is 6.10 Å². The molecule has 1 aliphatic carbocycles. The van der Waals surface area contributed by atoms with Crippen molar-refractivity contribution in [3.63, 3.8) is 0 Å². The van der Waals surface area contributed by atoms with Crippen LogP contribution in [0, 0.1) is 11.8 Å². The molecule has 2 aliphatic rings. The predicted molar refractivity (Wildman–Crippen MR) is 59.7 cm³/mol. The van der Waals surface area contributed by atoms with E-state index >= 15 is 0 Å². The summed E-state index contributed by atoms with van der Waals surface area (Å²) in [6.07, 6.45) is 3.55. The van der Waals surface area contributed by atoms with E-state index < -0.39 is 0 Å². The van der Waals surface area contributed by atoms with Gasteiger partial charge >= 0.3 is 0 Å². The standard InChI is InChI=1S/C12H23NO2/c1-9(10-3-4-10)13(2)7-12(14)11-5-6-15-8-11/h9-12,14H,3-8H2,1-2H3. The molecule has 1 aliphatic heterocycles. The van der Waals surface area contributed by atoms with Crippen LogP contribution in [0.15, 0.2) is 0 Å². The Kier molecular flexibility index (Phi) is 3.65. The zero-order valence-corrected chi connectivity index (χ0v) is 9.85. The first-order valence-corrected chi connectivity index (χ1v) is 6.14. The van der Waals surface area contributed by atoms with Gasteiger partial charge in [-0.2, -0.15) is 0 Å². The summed E-state index contributed by atoms with van der Waals surface area (Å²) >= 11 is 0. The minimum absolute atomic E-state index is 0.210. The van der Waals surface area contributed by atoms with Gasteiger partial charge in [0.2, 0.25) is 0 Å². The third-order valence-corrected chi connectivity index (χ3v) is 3.98. The SMILES string of the molecule is CC(C1CC1)N(C)CC(O)C1CCOC1. The highest BCUT2D eigenvalue weighted by atomic mass is 16.5. The molecule has 0 spiro atoms. The number of aliphatic hydroxyl groups is 1. The molecule has 3 nitrogen and oxygen atoms in total. The van der Waals surface area contributed by atoms with Gasteiger partial charge in [-0.25, -0.2) is 0 Å². The monoisotopic (exact) mass is 213 g/mol. The Bertz CT molecular complexity index is 194. The van der Waals surface area contributed by atoms with Crippen LogP contribution in [0.1, 0.15) is 26.2 Å². The Morgan fingerprint density at radius 3 is 2.60 bits per heavy atom. The maximum Gasteiger partial charge on any atom is 0.0718 e. The number of likely N-dealkylation sites (N-methyl/N-ethyl adjacent to an activating group) is 1. The van der Waals surface area contributed by atoms with E-state index in [2.05, 4.69) is 18.9 Å². The molecule has 1 saturated carbocycles. The first kappa shape index (κ1) is 11.4. The highest BCUT2D eigenvalue weighted by Crippen LogP contribution is 2.34. The Balaban J connectivity index is 1.74. The van der Waals surface area contributed by atoms with Crippen LogP contribution < -0.4 is 0 Å². The summed E-state index contributed by atoms with van der Waals surface area (Å²) in [6.45, 7) is 4.64. The Morgan fingerprint density at radius 1 is 1.33 bits per heavy atom. The molecule has 15 heavy (non-hydrogen) atoms. The second-order valence-electron chi connectivity index (χ2n) is 5.21. The third-order valence-electron chi connectivity index (χ3n) is 3.98. The summed E-state index contributed by atoms with van der Waals surface area (Å²) in [4.78, 5) is 2.31. The fourth-order valence-corrected chi connectivity index (χ4v) is 2.41. The van der Waals surface area contributed by atoms with E-state index in [1.807, 2.05) is 0 Å². The Hall–Kier alpha value is -0.120. The second kappa shape index (κ2) is 4.81. The maximum atomic E-state index is 10.0. The zero-order chi connectivity index (χ0) is 10.8. The Labute approximate surface area is 92.4 Å². The van der Waals surface area contributed by atoms with Gasteiger partial charge in [-0.1, -0.05) is 0 Å². The van der Waals surface area contributed by atoms with E-state index in [4.69, 9.17) is 4.74 Å². The van der Waals surface area contributed by atoms with Crippen molar-refractivity contribution in [1.82, 2.24) is 4.90 Å². The summed E-state index contributed by atoms with van der Waals surface area (Å²) in [5.74, 6) is 1.24. The van der Waals surface area contributed by atoms with Crippen molar-refractivity contribution in [1.29, 1.82) is 0 Å². The molecule has 0 aromatic carbocycles. The van der Waals surface area contributed by atoms with Gasteiger partial charge in [0.05, 0.1) is 12.7 Å². The van der Waals surface area contributed by atoms with E-state index in [0.717, 1.165) is 32.1 Å². The molecule has 2 rings (SSSR count). The first-order valence-electron chi connectivity index (χ1n) is 6.14. The summed E-state index contributed by atoms with van der Waals surface area (Å²) in [5.41, 5.74) is 0. The van der Waals surface area contributed by atoms with E-state index in [1.54, 1.807) is 0 Å². The van der Waals surface area contributed by atoms with E-state index in [9.17, 15) is 5.11 Å². The Morgan fingerprint density at radius 2 is 2.07 bits per heavy atom. The summed E-state index contributed by atoms with van der Waals surface area (Å²) in [6, 6.07) is 0.627. The average molecular weight is 213 g/mol. The van der Waals surface area contributed by atoms with Crippen molar-refractivity contribution in [2.24, 2.45) is 11.8 Å². The minimum Gasteiger partial charge on any atom is -0.391 e. The van der Waals surface area contributed by atoms with E-state index in [1.165, 1.54) is 12.8 Å². The van der Waals surface area contributed by atoms with Gasteiger partial charge in [-0.05, 0) is 39.2 Å². The van der Waals surface area contributed by atoms with Crippen molar-refractivity contribution < 1.29 is 9.84 Å². The van der Waals surface area contributed by atoms with Gasteiger partial charge in [0.15, 0.2) is 0 Å². The van der Waals surface area contributed by atoms with Crippen LogP contribution in [0.25, 0.3) is 0 Å². The molecule has 0 radical (unpaired) electrons. The van der Waals surface area contributed by atoms with Crippen molar-refractivity contribution in [2.45, 2.75) is 38.3 Å². The second-order valence-corrected chi connectivity index (χ2v) is 5.21. The molecule has 3 unspecified atom stereocenters. The average Bonchev–Trinajstić information content (AvgIpc) is 2.91. The lowest BCUT2D eigenvalue weighted by Crippen LogP contribution is -2.40. The highest BCUT2D eigenvalue weighted by molar-refractivity contribution is 4.85. The van der Waals surface area contributed by atoms with Crippen molar-refractivity contribution in [2.75, 3.05) is 26.8 Å². The van der Waals surface area contributed by atoms with Crippen LogP contribution in [0.3, 0.4) is 0 Å². The molecule has 1 heterocycles. The number of aliphatic hydroxyl groups excluding tert-OH is 1. The molecule has 0 bridgehead atoms. The third kappa shape index (κ3) is 2.92. The number of ether oxygens (including phenoxy) is 1. The highest BCUT2D eigenvalue weighted by Gasteiger charge is 2.32.